The van der Waals surface area contributed by atoms with E-state index in [1.807, 2.05) is 36.4 Å². The molecule has 4 rings (SSSR count). The van der Waals surface area contributed by atoms with Crippen molar-refractivity contribution < 1.29 is 43.6 Å². The summed E-state index contributed by atoms with van der Waals surface area (Å²) >= 11 is 0. The Hall–Kier alpha value is -2.98. The van der Waals surface area contributed by atoms with Crippen LogP contribution in [0.3, 0.4) is 0 Å². The molecule has 0 aliphatic heterocycles. The first-order valence-electron chi connectivity index (χ1n) is 15.2. The van der Waals surface area contributed by atoms with Crippen LogP contribution in [-0.2, 0) is 32.0 Å². The van der Waals surface area contributed by atoms with Crippen molar-refractivity contribution in [3.63, 3.8) is 0 Å². The number of para-hydroxylation sites is 1. The Bertz CT molecular complexity index is 1400. The Balaban J connectivity index is 0.00000190. The van der Waals surface area contributed by atoms with E-state index in [4.69, 9.17) is 5.32 Å². The third kappa shape index (κ3) is 13.2. The Morgan fingerprint density at radius 2 is 1.06 bits per heavy atom. The summed E-state index contributed by atoms with van der Waals surface area (Å²) in [6, 6.07) is 26.6. The van der Waals surface area contributed by atoms with Crippen LogP contribution in [-0.4, -0.2) is 42.3 Å². The van der Waals surface area contributed by atoms with Gasteiger partial charge in [0.15, 0.2) is 0 Å². The number of rotatable bonds is 7. The molecule has 0 N–H and O–H groups in total. The van der Waals surface area contributed by atoms with Crippen LogP contribution in [0.2, 0.25) is 0 Å². The molecule has 0 aliphatic carbocycles. The summed E-state index contributed by atoms with van der Waals surface area (Å²) < 4.78 is 43.2. The molecule has 0 bridgehead atoms. The van der Waals surface area contributed by atoms with Crippen molar-refractivity contribution in [1.29, 1.82) is 0 Å². The SMILES string of the molecule is C[N-]C.C[N-]C.C[N-]C.[CH2-][n+]1c(-c2ccccc2C(F)(F)F)cccc1C([N-]c1c(C(C)C)cccc1C(C)C)c1ccccc1.[Hf+4]. The van der Waals surface area contributed by atoms with Gasteiger partial charge in [-0.05, 0) is 17.9 Å². The molecule has 1 unspecified atom stereocenters. The first-order chi connectivity index (χ1) is 21.8. The molecule has 5 nitrogen and oxygen atoms in total. The number of nitrogens with zero attached hydrogens (tertiary/aromatic N) is 5. The summed E-state index contributed by atoms with van der Waals surface area (Å²) in [7, 11) is 14.7. The largest absolute Gasteiger partial charge is 4.00 e. The Morgan fingerprint density at radius 3 is 1.53 bits per heavy atom. The zero-order valence-corrected chi connectivity index (χ0v) is 33.1. The van der Waals surface area contributed by atoms with Crippen LogP contribution >= 0.6 is 0 Å². The Morgan fingerprint density at radius 1 is 0.617 bits per heavy atom. The predicted molar refractivity (Wildman–Crippen MR) is 189 cm³/mol. The second kappa shape index (κ2) is 22.6. The summed E-state index contributed by atoms with van der Waals surface area (Å²) in [5, 5.41) is 15.8. The van der Waals surface area contributed by atoms with E-state index in [0.29, 0.717) is 11.4 Å². The number of hydrogen-bond donors (Lipinski definition) is 0. The molecule has 252 valence electrons. The van der Waals surface area contributed by atoms with Gasteiger partial charge in [-0.25, -0.2) is 0 Å². The molecule has 0 fully saturated rings. The fourth-order valence-corrected chi connectivity index (χ4v) is 4.72. The van der Waals surface area contributed by atoms with Crippen molar-refractivity contribution in [2.24, 2.45) is 0 Å². The van der Waals surface area contributed by atoms with Gasteiger partial charge in [-0.3, -0.25) is 0 Å². The van der Waals surface area contributed by atoms with Gasteiger partial charge >= 0.3 is 32.0 Å². The molecule has 4 aromatic rings. The van der Waals surface area contributed by atoms with E-state index in [0.717, 1.165) is 28.4 Å². The van der Waals surface area contributed by atoms with Crippen molar-refractivity contribution in [1.82, 2.24) is 0 Å². The molecule has 47 heavy (non-hydrogen) atoms. The second-order valence-corrected chi connectivity index (χ2v) is 11.2. The summed E-state index contributed by atoms with van der Waals surface area (Å²) in [5.74, 6) is 0.511. The number of benzene rings is 3. The number of pyridine rings is 1. The maximum absolute atomic E-state index is 13.9. The minimum Gasteiger partial charge on any atom is -0.679 e. The van der Waals surface area contributed by atoms with Gasteiger partial charge < -0.3 is 25.8 Å². The quantitative estimate of drug-likeness (QED) is 0.101. The molecule has 0 aliphatic rings. The van der Waals surface area contributed by atoms with E-state index in [9.17, 15) is 13.2 Å². The number of alkyl halides is 3. The fraction of sp³-hybridized carbons (Fsp3) is 0.368. The average molecular weight is 812 g/mol. The third-order valence-corrected chi connectivity index (χ3v) is 6.63. The van der Waals surface area contributed by atoms with Crippen LogP contribution in [0, 0.1) is 7.05 Å². The van der Waals surface area contributed by atoms with E-state index in [1.54, 1.807) is 65.1 Å². The van der Waals surface area contributed by atoms with Gasteiger partial charge in [0.1, 0.15) is 5.69 Å². The molecular weight excluding hydrogens is 762 g/mol. The Kier molecular flexibility index (Phi) is 21.1. The van der Waals surface area contributed by atoms with Crippen molar-refractivity contribution in [2.45, 2.75) is 51.7 Å². The van der Waals surface area contributed by atoms with Gasteiger partial charge in [-0.1, -0.05) is 135 Å². The van der Waals surface area contributed by atoms with Gasteiger partial charge in [0.25, 0.3) is 0 Å². The summed E-state index contributed by atoms with van der Waals surface area (Å²) in [6.45, 7) is 8.58. The zero-order chi connectivity index (χ0) is 34.9. The molecule has 0 saturated heterocycles. The van der Waals surface area contributed by atoms with E-state index in [2.05, 4.69) is 68.9 Å². The van der Waals surface area contributed by atoms with Gasteiger partial charge in [0.2, 0.25) is 0 Å². The molecule has 0 amide bonds. The van der Waals surface area contributed by atoms with Crippen LogP contribution in [0.4, 0.5) is 18.9 Å². The summed E-state index contributed by atoms with van der Waals surface area (Å²) in [4.78, 5) is 0. The third-order valence-electron chi connectivity index (χ3n) is 6.63. The van der Waals surface area contributed by atoms with Gasteiger partial charge in [-0.2, -0.15) is 55.5 Å². The first-order valence-corrected chi connectivity index (χ1v) is 15.2. The maximum Gasteiger partial charge on any atom is 4.00 e. The van der Waals surface area contributed by atoms with Crippen molar-refractivity contribution in [2.75, 3.05) is 42.3 Å². The minimum absolute atomic E-state index is 0. The molecule has 0 spiro atoms. The van der Waals surface area contributed by atoms with Crippen LogP contribution in [0.5, 0.6) is 0 Å². The molecule has 0 radical (unpaired) electrons. The van der Waals surface area contributed by atoms with Crippen LogP contribution in [0.25, 0.3) is 32.5 Å². The minimum atomic E-state index is -4.48. The zero-order valence-electron chi connectivity index (χ0n) is 29.5. The van der Waals surface area contributed by atoms with Crippen LogP contribution in [0.15, 0.2) is 91.0 Å². The maximum atomic E-state index is 13.9. The first kappa shape index (κ1) is 44.0. The Labute approximate surface area is 300 Å². The van der Waals surface area contributed by atoms with Crippen molar-refractivity contribution >= 4 is 5.69 Å². The van der Waals surface area contributed by atoms with E-state index in [-0.39, 0.29) is 43.2 Å². The predicted octanol–water partition coefficient (Wildman–Crippen LogP) is 11.2. The van der Waals surface area contributed by atoms with E-state index >= 15 is 0 Å². The molecule has 0 saturated carbocycles. The van der Waals surface area contributed by atoms with Crippen molar-refractivity contribution in [3.8, 4) is 11.3 Å². The molecule has 1 aromatic heterocycles. The molecule has 1 heterocycles. The normalized spacial score (nSPS) is 11.1. The molecule has 9 heteroatoms. The van der Waals surface area contributed by atoms with E-state index in [1.165, 1.54) is 12.1 Å². The smallest absolute Gasteiger partial charge is 0.679 e. The van der Waals surface area contributed by atoms with Gasteiger partial charge in [0, 0.05) is 12.6 Å². The van der Waals surface area contributed by atoms with Crippen molar-refractivity contribution in [3.05, 3.63) is 147 Å². The second-order valence-electron chi connectivity index (χ2n) is 11.2. The molecule has 3 aromatic carbocycles. The fourth-order valence-electron chi connectivity index (χ4n) is 4.72. The number of hydrogen-bond acceptors (Lipinski definition) is 0. The summed E-state index contributed by atoms with van der Waals surface area (Å²) in [6.07, 6.45) is -4.48. The topological polar surface area (TPSA) is 60.3 Å². The number of aromatic nitrogens is 1. The average Bonchev–Trinajstić information content (AvgIpc) is 3.01. The summed E-state index contributed by atoms with van der Waals surface area (Å²) in [5.41, 5.74) is 4.63. The molecular formula is C38H50F3HfN5. The van der Waals surface area contributed by atoms with Crippen LogP contribution in [0.1, 0.15) is 73.5 Å². The van der Waals surface area contributed by atoms with Gasteiger partial charge in [-0.15, -0.1) is 5.69 Å². The standard InChI is InChI=1S/C32H32F3N2.3C2H6N.Hf/c1-21(2)24-16-11-17-25(22(3)4)31(24)36-30(23-13-7-6-8-14-23)29-20-12-19-28(37(29)5)26-15-9-10-18-27(26)32(33,34)35;3*1-3-2;/h6-22,30H,5H2,1-4H3;3*1-2H3;/q4*-1;+4. The monoisotopic (exact) mass is 813 g/mol. The van der Waals surface area contributed by atoms with Gasteiger partial charge in [0.05, 0.1) is 11.3 Å². The molecule has 1 atom stereocenters. The number of halogens is 3. The van der Waals surface area contributed by atoms with E-state index < -0.39 is 17.8 Å². The van der Waals surface area contributed by atoms with Crippen LogP contribution < -0.4 is 4.57 Å².